The molecule has 0 aliphatic carbocycles. The van der Waals surface area contributed by atoms with E-state index in [2.05, 4.69) is 26.2 Å². The molecule has 90 valence electrons. The summed E-state index contributed by atoms with van der Waals surface area (Å²) in [6, 6.07) is 1.75. The first-order chi connectivity index (χ1) is 7.99. The molecule has 1 aromatic heterocycles. The summed E-state index contributed by atoms with van der Waals surface area (Å²) in [5.41, 5.74) is 5.35. The van der Waals surface area contributed by atoms with Gasteiger partial charge in [0, 0.05) is 0 Å². The van der Waals surface area contributed by atoms with Crippen LogP contribution in [0.3, 0.4) is 0 Å². The number of nitrogens with zero attached hydrogens (tertiary/aromatic N) is 1. The Hall–Kier alpha value is -1.67. The highest BCUT2D eigenvalue weighted by molar-refractivity contribution is 9.10. The van der Waals surface area contributed by atoms with Crippen LogP contribution in [0, 0.1) is 0 Å². The van der Waals surface area contributed by atoms with Gasteiger partial charge in [-0.25, -0.2) is 4.98 Å². The third kappa shape index (κ3) is 2.22. The molecule has 7 nitrogen and oxygen atoms in total. The highest BCUT2D eigenvalue weighted by Crippen LogP contribution is 2.29. The zero-order valence-electron chi connectivity index (χ0n) is 8.38. The number of ether oxygens (including phenoxy) is 1. The van der Waals surface area contributed by atoms with Gasteiger partial charge in [-0.2, -0.15) is 0 Å². The van der Waals surface area contributed by atoms with E-state index in [0.717, 1.165) is 0 Å². The van der Waals surface area contributed by atoms with Crippen LogP contribution in [0.4, 0.5) is 5.82 Å². The number of fused-ring (bicyclic) bond motifs is 1. The van der Waals surface area contributed by atoms with Crippen LogP contribution < -0.4 is 15.8 Å². The van der Waals surface area contributed by atoms with Gasteiger partial charge in [-0.1, -0.05) is 0 Å². The van der Waals surface area contributed by atoms with Crippen molar-refractivity contribution in [3.63, 3.8) is 0 Å². The number of anilines is 1. The van der Waals surface area contributed by atoms with Gasteiger partial charge in [-0.15, -0.1) is 0 Å². The average Bonchev–Trinajstić information content (AvgIpc) is 2.27. The Balaban J connectivity index is 2.30. The zero-order chi connectivity index (χ0) is 12.6. The molecule has 0 spiro atoms. The summed E-state index contributed by atoms with van der Waals surface area (Å²) < 4.78 is 5.75. The van der Waals surface area contributed by atoms with Gasteiger partial charge in [0.1, 0.15) is 10.6 Å². The van der Waals surface area contributed by atoms with Gasteiger partial charge in [-0.05, 0) is 28.1 Å². The number of aromatic nitrogens is 1. The fourth-order valence-electron chi connectivity index (χ4n) is 1.35. The van der Waals surface area contributed by atoms with Crippen LogP contribution in [-0.2, 0) is 9.59 Å². The maximum Gasteiger partial charge on any atom is 0.324 e. The molecule has 1 aliphatic heterocycles. The molecule has 2 heterocycles. The second-order valence-electron chi connectivity index (χ2n) is 3.37. The van der Waals surface area contributed by atoms with Crippen LogP contribution in [0.15, 0.2) is 16.7 Å². The van der Waals surface area contributed by atoms with Crippen LogP contribution in [0.2, 0.25) is 0 Å². The Morgan fingerprint density at radius 1 is 1.65 bits per heavy atom. The first-order valence-electron chi connectivity index (χ1n) is 4.61. The highest BCUT2D eigenvalue weighted by atomic mass is 79.9. The number of carboxylic acids is 1. The number of carbonyl (C=O) groups excluding carboxylic acids is 1. The standard InChI is InChI=1S/C9H8BrN3O4/c10-4-2-1-3-7(12-4)13-8(14)6(17-3)5(11)9(15)16/h1-2,5-6H,11H2,(H,15,16)(H,12,13,14). The van der Waals surface area contributed by atoms with E-state index in [4.69, 9.17) is 15.6 Å². The van der Waals surface area contributed by atoms with Crippen molar-refractivity contribution in [2.75, 3.05) is 5.32 Å². The molecule has 1 aliphatic rings. The van der Waals surface area contributed by atoms with E-state index in [0.29, 0.717) is 4.60 Å². The molecular formula is C9H8BrN3O4. The fourth-order valence-corrected chi connectivity index (χ4v) is 1.66. The summed E-state index contributed by atoms with van der Waals surface area (Å²) in [4.78, 5) is 26.3. The number of carboxylic acid groups (broad SMARTS) is 1. The molecular weight excluding hydrogens is 294 g/mol. The summed E-state index contributed by atoms with van der Waals surface area (Å²) in [6.07, 6.45) is -1.26. The molecule has 0 saturated carbocycles. The first kappa shape index (κ1) is 11.8. The Bertz CT molecular complexity index is 493. The lowest BCUT2D eigenvalue weighted by atomic mass is 10.1. The molecule has 1 amide bonds. The number of amides is 1. The van der Waals surface area contributed by atoms with Crippen LogP contribution >= 0.6 is 15.9 Å². The van der Waals surface area contributed by atoms with Gasteiger partial charge >= 0.3 is 5.97 Å². The van der Waals surface area contributed by atoms with Crippen molar-refractivity contribution < 1.29 is 19.4 Å². The average molecular weight is 302 g/mol. The lowest BCUT2D eigenvalue weighted by Gasteiger charge is -2.27. The van der Waals surface area contributed by atoms with E-state index >= 15 is 0 Å². The van der Waals surface area contributed by atoms with Crippen LogP contribution in [0.25, 0.3) is 0 Å². The topological polar surface area (TPSA) is 115 Å². The molecule has 1 aromatic rings. The number of carbonyl (C=O) groups is 2. The second kappa shape index (κ2) is 4.30. The van der Waals surface area contributed by atoms with Crippen molar-refractivity contribution >= 4 is 33.6 Å². The van der Waals surface area contributed by atoms with Gasteiger partial charge < -0.3 is 20.9 Å². The number of hydrogen-bond acceptors (Lipinski definition) is 5. The molecule has 0 fully saturated rings. The number of pyridine rings is 1. The maximum absolute atomic E-state index is 11.6. The van der Waals surface area contributed by atoms with Crippen molar-refractivity contribution in [2.24, 2.45) is 5.73 Å². The summed E-state index contributed by atoms with van der Waals surface area (Å²) in [7, 11) is 0. The number of halogens is 1. The van der Waals surface area contributed by atoms with E-state index < -0.39 is 24.0 Å². The quantitative estimate of drug-likeness (QED) is 0.660. The molecule has 2 atom stereocenters. The number of aliphatic carboxylic acids is 1. The smallest absolute Gasteiger partial charge is 0.324 e. The predicted molar refractivity (Wildman–Crippen MR) is 60.6 cm³/mol. The number of nitrogens with one attached hydrogen (secondary N) is 1. The zero-order valence-corrected chi connectivity index (χ0v) is 9.97. The normalized spacial score (nSPS) is 19.9. The minimum absolute atomic E-state index is 0.234. The predicted octanol–water partition coefficient (Wildman–Crippen LogP) is -0.0445. The Kier molecular flexibility index (Phi) is 2.99. The fraction of sp³-hybridized carbons (Fsp3) is 0.222. The van der Waals surface area contributed by atoms with Crippen molar-refractivity contribution in [1.29, 1.82) is 0 Å². The summed E-state index contributed by atoms with van der Waals surface area (Å²) in [5, 5.41) is 11.2. The highest BCUT2D eigenvalue weighted by Gasteiger charge is 2.37. The number of hydrogen-bond donors (Lipinski definition) is 3. The SMILES string of the molecule is NC(C(=O)O)C1Oc2ccc(Br)nc2NC1=O. The van der Waals surface area contributed by atoms with Crippen LogP contribution in [0.5, 0.6) is 5.75 Å². The van der Waals surface area contributed by atoms with Crippen molar-refractivity contribution in [3.05, 3.63) is 16.7 Å². The Morgan fingerprint density at radius 2 is 2.35 bits per heavy atom. The van der Waals surface area contributed by atoms with E-state index in [1.807, 2.05) is 0 Å². The van der Waals surface area contributed by atoms with E-state index in [-0.39, 0.29) is 11.6 Å². The summed E-state index contributed by atoms with van der Waals surface area (Å²) in [6.45, 7) is 0. The molecule has 17 heavy (non-hydrogen) atoms. The molecule has 0 bridgehead atoms. The van der Waals surface area contributed by atoms with Gasteiger partial charge in [0.2, 0.25) is 6.10 Å². The molecule has 2 rings (SSSR count). The number of rotatable bonds is 2. The van der Waals surface area contributed by atoms with Crippen molar-refractivity contribution in [2.45, 2.75) is 12.1 Å². The summed E-state index contributed by atoms with van der Waals surface area (Å²) in [5.74, 6) is -1.41. The molecule has 0 aromatic carbocycles. The lowest BCUT2D eigenvalue weighted by Crippen LogP contribution is -2.53. The molecule has 4 N–H and O–H groups in total. The molecule has 0 radical (unpaired) electrons. The maximum atomic E-state index is 11.6. The van der Waals surface area contributed by atoms with Gasteiger partial charge in [0.05, 0.1) is 0 Å². The van der Waals surface area contributed by atoms with Crippen molar-refractivity contribution in [3.8, 4) is 5.75 Å². The van der Waals surface area contributed by atoms with Crippen LogP contribution in [0.1, 0.15) is 0 Å². The third-order valence-electron chi connectivity index (χ3n) is 2.19. The third-order valence-corrected chi connectivity index (χ3v) is 2.63. The van der Waals surface area contributed by atoms with E-state index in [1.54, 1.807) is 12.1 Å². The monoisotopic (exact) mass is 301 g/mol. The second-order valence-corrected chi connectivity index (χ2v) is 4.18. The van der Waals surface area contributed by atoms with Crippen molar-refractivity contribution in [1.82, 2.24) is 4.98 Å². The van der Waals surface area contributed by atoms with E-state index in [1.165, 1.54) is 0 Å². The van der Waals surface area contributed by atoms with Gasteiger partial charge in [-0.3, -0.25) is 9.59 Å². The largest absolute Gasteiger partial charge is 0.480 e. The first-order valence-corrected chi connectivity index (χ1v) is 5.41. The van der Waals surface area contributed by atoms with Crippen LogP contribution in [-0.4, -0.2) is 34.1 Å². The van der Waals surface area contributed by atoms with Gasteiger partial charge in [0.15, 0.2) is 11.6 Å². The molecule has 2 unspecified atom stereocenters. The molecule has 0 saturated heterocycles. The molecule has 8 heteroatoms. The van der Waals surface area contributed by atoms with E-state index in [9.17, 15) is 9.59 Å². The van der Waals surface area contributed by atoms with Gasteiger partial charge in [0.25, 0.3) is 5.91 Å². The minimum atomic E-state index is -1.42. The minimum Gasteiger partial charge on any atom is -0.480 e. The Labute approximate surface area is 104 Å². The number of nitrogens with two attached hydrogens (primary N) is 1. The lowest BCUT2D eigenvalue weighted by molar-refractivity contribution is -0.144. The summed E-state index contributed by atoms with van der Waals surface area (Å²) >= 11 is 3.14. The Morgan fingerprint density at radius 3 is 3.00 bits per heavy atom.